The molecule has 3 amide bonds. The number of aromatic nitrogens is 1. The van der Waals surface area contributed by atoms with E-state index < -0.39 is 0 Å². The van der Waals surface area contributed by atoms with Gasteiger partial charge in [0.1, 0.15) is 12.4 Å². The smallest absolute Gasteiger partial charge is 0.254 e. The van der Waals surface area contributed by atoms with Gasteiger partial charge in [-0.1, -0.05) is 18.2 Å². The molecule has 170 valence electrons. The number of halogens is 1. The number of carbonyl (C=O) groups excluding carboxylic acids is 3. The molecule has 3 aromatic rings. The molecule has 1 heterocycles. The van der Waals surface area contributed by atoms with Crippen molar-refractivity contribution >= 4 is 39.9 Å². The van der Waals surface area contributed by atoms with Crippen LogP contribution in [-0.2, 0) is 16.0 Å². The highest BCUT2D eigenvalue weighted by atomic mass is 32.1. The van der Waals surface area contributed by atoms with Gasteiger partial charge in [0.25, 0.3) is 5.91 Å². The lowest BCUT2D eigenvalue weighted by molar-refractivity contribution is -0.117. The molecule has 0 bridgehead atoms. The van der Waals surface area contributed by atoms with Crippen molar-refractivity contribution in [2.75, 3.05) is 17.2 Å². The van der Waals surface area contributed by atoms with E-state index in [0.29, 0.717) is 22.1 Å². The summed E-state index contributed by atoms with van der Waals surface area (Å²) in [6, 6.07) is 12.9. The third-order valence-electron chi connectivity index (χ3n) is 5.21. The minimum Gasteiger partial charge on any atom is -0.326 e. The van der Waals surface area contributed by atoms with Gasteiger partial charge in [-0.05, 0) is 55.7 Å². The molecular formula is C24H23FN4O3S. The minimum absolute atomic E-state index is 0.0176. The van der Waals surface area contributed by atoms with Gasteiger partial charge in [-0.25, -0.2) is 9.37 Å². The summed E-state index contributed by atoms with van der Waals surface area (Å²) < 4.78 is 13.0. The van der Waals surface area contributed by atoms with Crippen molar-refractivity contribution in [3.05, 3.63) is 76.5 Å². The Hall–Kier alpha value is -3.59. The van der Waals surface area contributed by atoms with Crippen LogP contribution in [0.5, 0.6) is 0 Å². The Morgan fingerprint density at radius 3 is 2.48 bits per heavy atom. The fourth-order valence-electron chi connectivity index (χ4n) is 3.38. The fraction of sp³-hybridized carbons (Fsp3) is 0.250. The van der Waals surface area contributed by atoms with Crippen molar-refractivity contribution in [1.29, 1.82) is 0 Å². The monoisotopic (exact) mass is 466 g/mol. The van der Waals surface area contributed by atoms with E-state index in [1.807, 2.05) is 25.1 Å². The third-order valence-corrected chi connectivity index (χ3v) is 6.01. The molecule has 1 fully saturated rings. The Balaban J connectivity index is 1.33. The molecule has 1 aliphatic carbocycles. The molecule has 1 saturated carbocycles. The topological polar surface area (TPSA) is 91.4 Å². The van der Waals surface area contributed by atoms with E-state index in [4.69, 9.17) is 0 Å². The minimum atomic E-state index is -0.381. The second kappa shape index (κ2) is 9.91. The van der Waals surface area contributed by atoms with Crippen LogP contribution in [0.3, 0.4) is 0 Å². The second-order valence-corrected chi connectivity index (χ2v) is 8.76. The Morgan fingerprint density at radius 2 is 1.79 bits per heavy atom. The zero-order chi connectivity index (χ0) is 23.4. The van der Waals surface area contributed by atoms with E-state index in [1.54, 1.807) is 16.3 Å². The molecule has 0 saturated heterocycles. The maximum Gasteiger partial charge on any atom is 0.254 e. The molecule has 1 aliphatic rings. The van der Waals surface area contributed by atoms with Crippen molar-refractivity contribution in [2.45, 2.75) is 32.2 Å². The molecule has 0 unspecified atom stereocenters. The Labute approximate surface area is 194 Å². The summed E-state index contributed by atoms with van der Waals surface area (Å²) in [7, 11) is 0. The number of nitrogens with one attached hydrogen (secondary N) is 2. The molecule has 7 nitrogen and oxygen atoms in total. The Morgan fingerprint density at radius 1 is 1.06 bits per heavy atom. The zero-order valence-electron chi connectivity index (χ0n) is 18.0. The summed E-state index contributed by atoms with van der Waals surface area (Å²) in [5.41, 5.74) is 2.46. The molecule has 0 aliphatic heterocycles. The summed E-state index contributed by atoms with van der Waals surface area (Å²) in [6.45, 7) is 1.82. The predicted octanol–water partition coefficient (Wildman–Crippen LogP) is 4.02. The van der Waals surface area contributed by atoms with E-state index in [9.17, 15) is 18.8 Å². The molecule has 2 N–H and O–H groups in total. The number of aryl methyl sites for hydroxylation is 1. The van der Waals surface area contributed by atoms with Gasteiger partial charge < -0.3 is 15.5 Å². The number of nitrogens with zero attached hydrogens (tertiary/aromatic N) is 2. The standard InChI is InChI=1S/C24H23FN4O3S/c1-15-4-2-3-5-20(15)23(32)29(19-10-11-19)13-22(31)28-24-27-18(14-33-24)12-21(30)26-17-8-6-16(25)7-9-17/h2-9,14,19H,10-13H2,1H3,(H,26,30)(H,27,28,31). The van der Waals surface area contributed by atoms with Crippen LogP contribution in [0.2, 0.25) is 0 Å². The summed E-state index contributed by atoms with van der Waals surface area (Å²) in [6.07, 6.45) is 1.79. The van der Waals surface area contributed by atoms with Crippen LogP contribution in [0.25, 0.3) is 0 Å². The van der Waals surface area contributed by atoms with Crippen LogP contribution in [0, 0.1) is 12.7 Å². The molecule has 4 rings (SSSR count). The number of rotatable bonds is 8. The normalized spacial score (nSPS) is 12.8. The van der Waals surface area contributed by atoms with Crippen LogP contribution in [0.4, 0.5) is 15.2 Å². The lowest BCUT2D eigenvalue weighted by atomic mass is 10.1. The number of hydrogen-bond donors (Lipinski definition) is 2. The van der Waals surface area contributed by atoms with Crippen molar-refractivity contribution < 1.29 is 18.8 Å². The van der Waals surface area contributed by atoms with E-state index in [1.165, 1.54) is 35.6 Å². The highest BCUT2D eigenvalue weighted by Crippen LogP contribution is 2.29. The molecule has 1 aromatic heterocycles. The van der Waals surface area contributed by atoms with Crippen LogP contribution in [0.15, 0.2) is 53.9 Å². The van der Waals surface area contributed by atoms with Gasteiger partial charge in [0.05, 0.1) is 12.1 Å². The zero-order valence-corrected chi connectivity index (χ0v) is 18.8. The van der Waals surface area contributed by atoms with E-state index in [-0.39, 0.29) is 42.5 Å². The number of hydrogen-bond acceptors (Lipinski definition) is 5. The van der Waals surface area contributed by atoms with Gasteiger partial charge in [0.15, 0.2) is 5.13 Å². The molecular weight excluding hydrogens is 443 g/mol. The van der Waals surface area contributed by atoms with Gasteiger partial charge in [0.2, 0.25) is 11.8 Å². The van der Waals surface area contributed by atoms with Gasteiger partial charge in [-0.15, -0.1) is 11.3 Å². The van der Waals surface area contributed by atoms with E-state index >= 15 is 0 Å². The fourth-order valence-corrected chi connectivity index (χ4v) is 4.11. The van der Waals surface area contributed by atoms with Crippen LogP contribution in [0.1, 0.15) is 34.5 Å². The van der Waals surface area contributed by atoms with Crippen LogP contribution < -0.4 is 10.6 Å². The Bertz CT molecular complexity index is 1170. The van der Waals surface area contributed by atoms with Crippen molar-refractivity contribution in [3.63, 3.8) is 0 Å². The maximum atomic E-state index is 13.0. The van der Waals surface area contributed by atoms with Crippen molar-refractivity contribution in [1.82, 2.24) is 9.88 Å². The number of amides is 3. The number of thiazole rings is 1. The van der Waals surface area contributed by atoms with Crippen LogP contribution >= 0.6 is 11.3 Å². The number of carbonyl (C=O) groups is 3. The molecule has 2 aromatic carbocycles. The number of anilines is 2. The first-order valence-corrected chi connectivity index (χ1v) is 11.4. The first kappa shape index (κ1) is 22.6. The van der Waals surface area contributed by atoms with E-state index in [2.05, 4.69) is 15.6 Å². The second-order valence-electron chi connectivity index (χ2n) is 7.90. The third kappa shape index (κ3) is 6.01. The first-order valence-electron chi connectivity index (χ1n) is 10.6. The van der Waals surface area contributed by atoms with Crippen LogP contribution in [-0.4, -0.2) is 40.2 Å². The largest absolute Gasteiger partial charge is 0.326 e. The first-order chi connectivity index (χ1) is 15.9. The van der Waals surface area contributed by atoms with Gasteiger partial charge in [-0.2, -0.15) is 0 Å². The van der Waals surface area contributed by atoms with Gasteiger partial charge in [-0.3, -0.25) is 14.4 Å². The van der Waals surface area contributed by atoms with Crippen molar-refractivity contribution in [2.24, 2.45) is 0 Å². The quantitative estimate of drug-likeness (QED) is 0.525. The lowest BCUT2D eigenvalue weighted by Crippen LogP contribution is -2.39. The molecule has 0 radical (unpaired) electrons. The maximum absolute atomic E-state index is 13.0. The highest BCUT2D eigenvalue weighted by Gasteiger charge is 2.34. The molecule has 0 atom stereocenters. The van der Waals surface area contributed by atoms with Crippen molar-refractivity contribution in [3.8, 4) is 0 Å². The van der Waals surface area contributed by atoms with E-state index in [0.717, 1.165) is 18.4 Å². The number of benzene rings is 2. The average Bonchev–Trinajstić information content (AvgIpc) is 3.54. The highest BCUT2D eigenvalue weighted by molar-refractivity contribution is 7.13. The molecule has 0 spiro atoms. The summed E-state index contributed by atoms with van der Waals surface area (Å²) in [5, 5.41) is 7.46. The van der Waals surface area contributed by atoms with Gasteiger partial charge >= 0.3 is 0 Å². The Kier molecular flexibility index (Phi) is 6.79. The van der Waals surface area contributed by atoms with Gasteiger partial charge in [0, 0.05) is 22.7 Å². The summed E-state index contributed by atoms with van der Waals surface area (Å²) in [5.74, 6) is -1.16. The summed E-state index contributed by atoms with van der Waals surface area (Å²) >= 11 is 1.21. The molecule has 33 heavy (non-hydrogen) atoms. The predicted molar refractivity (Wildman–Crippen MR) is 125 cm³/mol. The average molecular weight is 467 g/mol. The molecule has 9 heteroatoms. The summed E-state index contributed by atoms with van der Waals surface area (Å²) in [4.78, 5) is 43.7. The lowest BCUT2D eigenvalue weighted by Gasteiger charge is -2.22. The SMILES string of the molecule is Cc1ccccc1C(=O)N(CC(=O)Nc1nc(CC(=O)Nc2ccc(F)cc2)cs1)C1CC1.